The number of ether oxygens (including phenoxy) is 1. The second-order valence-corrected chi connectivity index (χ2v) is 6.93. The Labute approximate surface area is 128 Å². The molecule has 0 bridgehead atoms. The van der Waals surface area contributed by atoms with Crippen molar-refractivity contribution in [2.24, 2.45) is 5.41 Å². The van der Waals surface area contributed by atoms with Crippen LogP contribution >= 0.6 is 11.6 Å². The van der Waals surface area contributed by atoms with Crippen LogP contribution in [0.15, 0.2) is 12.1 Å². The monoisotopic (exact) mass is 297 g/mol. The first-order chi connectivity index (χ1) is 9.26. The second-order valence-electron chi connectivity index (χ2n) is 6.53. The first-order valence-electron chi connectivity index (χ1n) is 7.40. The lowest BCUT2D eigenvalue weighted by Crippen LogP contribution is -2.34. The number of hydrogen-bond donors (Lipinski definition) is 1. The van der Waals surface area contributed by atoms with Gasteiger partial charge in [-0.15, -0.1) is 0 Å². The van der Waals surface area contributed by atoms with Crippen molar-refractivity contribution in [3.63, 3.8) is 0 Å². The van der Waals surface area contributed by atoms with Gasteiger partial charge in [-0.1, -0.05) is 46.2 Å². The van der Waals surface area contributed by atoms with Gasteiger partial charge in [0.15, 0.2) is 0 Å². The summed E-state index contributed by atoms with van der Waals surface area (Å²) in [4.78, 5) is 0. The molecule has 0 aliphatic rings. The maximum Gasteiger partial charge on any atom is 0.122 e. The highest BCUT2D eigenvalue weighted by Gasteiger charge is 2.19. The molecule has 0 heterocycles. The van der Waals surface area contributed by atoms with E-state index in [2.05, 4.69) is 46.0 Å². The van der Waals surface area contributed by atoms with Crippen molar-refractivity contribution in [2.45, 2.75) is 47.5 Å². The number of aryl methyl sites for hydroxylation is 1. The van der Waals surface area contributed by atoms with E-state index in [1.807, 2.05) is 13.0 Å². The van der Waals surface area contributed by atoms with Crippen molar-refractivity contribution < 1.29 is 4.74 Å². The first kappa shape index (κ1) is 17.3. The zero-order valence-electron chi connectivity index (χ0n) is 13.6. The number of halogens is 1. The van der Waals surface area contributed by atoms with Gasteiger partial charge in [-0.2, -0.15) is 0 Å². The maximum atomic E-state index is 6.29. The quantitative estimate of drug-likeness (QED) is 0.781. The van der Waals surface area contributed by atoms with Gasteiger partial charge in [-0.3, -0.25) is 0 Å². The van der Waals surface area contributed by atoms with Gasteiger partial charge in [-0.05, 0) is 42.6 Å². The molecule has 1 N–H and O–H groups in total. The summed E-state index contributed by atoms with van der Waals surface area (Å²) in [6, 6.07) is 4.09. The van der Waals surface area contributed by atoms with Gasteiger partial charge in [0.1, 0.15) is 5.75 Å². The standard InChI is InChI=1S/C17H28ClNO/c1-7-19-10-17(5,6)11-20-16-9-14(12(2)3)15(18)8-13(16)4/h8-9,12,19H,7,10-11H2,1-6H3. The highest BCUT2D eigenvalue weighted by molar-refractivity contribution is 6.31. The predicted molar refractivity (Wildman–Crippen MR) is 88.1 cm³/mol. The van der Waals surface area contributed by atoms with Gasteiger partial charge >= 0.3 is 0 Å². The molecular weight excluding hydrogens is 270 g/mol. The summed E-state index contributed by atoms with van der Waals surface area (Å²) in [5, 5.41) is 4.21. The van der Waals surface area contributed by atoms with Crippen molar-refractivity contribution >= 4 is 11.6 Å². The highest BCUT2D eigenvalue weighted by atomic mass is 35.5. The Morgan fingerprint density at radius 3 is 2.50 bits per heavy atom. The molecule has 20 heavy (non-hydrogen) atoms. The van der Waals surface area contributed by atoms with Crippen LogP contribution in [0, 0.1) is 12.3 Å². The van der Waals surface area contributed by atoms with E-state index in [4.69, 9.17) is 16.3 Å². The van der Waals surface area contributed by atoms with Crippen LogP contribution in [0.4, 0.5) is 0 Å². The molecule has 0 aromatic heterocycles. The highest BCUT2D eigenvalue weighted by Crippen LogP contribution is 2.32. The largest absolute Gasteiger partial charge is 0.493 e. The molecule has 114 valence electrons. The maximum absolute atomic E-state index is 6.29. The minimum absolute atomic E-state index is 0.111. The van der Waals surface area contributed by atoms with Gasteiger partial charge in [0.25, 0.3) is 0 Å². The van der Waals surface area contributed by atoms with E-state index in [0.29, 0.717) is 12.5 Å². The van der Waals surface area contributed by atoms with Gasteiger partial charge in [0.2, 0.25) is 0 Å². The normalized spacial score (nSPS) is 12.0. The molecule has 0 unspecified atom stereocenters. The van der Waals surface area contributed by atoms with E-state index in [1.165, 1.54) is 0 Å². The summed E-state index contributed by atoms with van der Waals surface area (Å²) in [7, 11) is 0. The molecule has 0 atom stereocenters. The molecule has 1 rings (SSSR count). The van der Waals surface area contributed by atoms with Crippen LogP contribution in [0.3, 0.4) is 0 Å². The number of hydrogen-bond acceptors (Lipinski definition) is 2. The summed E-state index contributed by atoms with van der Waals surface area (Å²) >= 11 is 6.29. The van der Waals surface area contributed by atoms with Crippen molar-refractivity contribution in [2.75, 3.05) is 19.7 Å². The van der Waals surface area contributed by atoms with Crippen molar-refractivity contribution in [3.8, 4) is 5.75 Å². The third-order valence-corrected chi connectivity index (χ3v) is 3.72. The van der Waals surface area contributed by atoms with Gasteiger partial charge < -0.3 is 10.1 Å². The summed E-state index contributed by atoms with van der Waals surface area (Å²) in [6.07, 6.45) is 0. The van der Waals surface area contributed by atoms with Crippen LogP contribution in [-0.4, -0.2) is 19.7 Å². The Balaban J connectivity index is 2.80. The first-order valence-corrected chi connectivity index (χ1v) is 7.78. The summed E-state index contributed by atoms with van der Waals surface area (Å²) in [5.74, 6) is 1.35. The van der Waals surface area contributed by atoms with Gasteiger partial charge in [0, 0.05) is 17.0 Å². The van der Waals surface area contributed by atoms with E-state index < -0.39 is 0 Å². The minimum Gasteiger partial charge on any atom is -0.493 e. The lowest BCUT2D eigenvalue weighted by atomic mass is 9.94. The average Bonchev–Trinajstić information content (AvgIpc) is 2.35. The Morgan fingerprint density at radius 1 is 1.30 bits per heavy atom. The van der Waals surface area contributed by atoms with E-state index in [-0.39, 0.29) is 5.41 Å². The summed E-state index contributed by atoms with van der Waals surface area (Å²) in [5.41, 5.74) is 2.36. The lowest BCUT2D eigenvalue weighted by molar-refractivity contribution is 0.176. The summed E-state index contributed by atoms with van der Waals surface area (Å²) in [6.45, 7) is 15.5. The molecule has 0 fully saturated rings. The van der Waals surface area contributed by atoms with Crippen LogP contribution in [-0.2, 0) is 0 Å². The molecule has 2 nitrogen and oxygen atoms in total. The zero-order valence-corrected chi connectivity index (χ0v) is 14.4. The van der Waals surface area contributed by atoms with Crippen LogP contribution < -0.4 is 10.1 Å². The fourth-order valence-electron chi connectivity index (χ4n) is 2.05. The minimum atomic E-state index is 0.111. The van der Waals surface area contributed by atoms with Gasteiger partial charge in [-0.25, -0.2) is 0 Å². The Bertz CT molecular complexity index is 441. The lowest BCUT2D eigenvalue weighted by Gasteiger charge is -2.26. The molecule has 1 aromatic carbocycles. The van der Waals surface area contributed by atoms with E-state index >= 15 is 0 Å². The topological polar surface area (TPSA) is 21.3 Å². The Morgan fingerprint density at radius 2 is 1.95 bits per heavy atom. The van der Waals surface area contributed by atoms with E-state index in [0.717, 1.165) is 35.0 Å². The molecule has 0 saturated carbocycles. The Hall–Kier alpha value is -0.730. The second kappa shape index (κ2) is 7.33. The molecule has 0 spiro atoms. The zero-order chi connectivity index (χ0) is 15.3. The van der Waals surface area contributed by atoms with Crippen LogP contribution in [0.1, 0.15) is 51.7 Å². The van der Waals surface area contributed by atoms with Crippen LogP contribution in [0.2, 0.25) is 5.02 Å². The van der Waals surface area contributed by atoms with E-state index in [1.54, 1.807) is 0 Å². The van der Waals surface area contributed by atoms with Crippen LogP contribution in [0.25, 0.3) is 0 Å². The summed E-state index contributed by atoms with van der Waals surface area (Å²) < 4.78 is 6.05. The molecule has 0 saturated heterocycles. The smallest absolute Gasteiger partial charge is 0.122 e. The molecule has 0 amide bonds. The number of rotatable bonds is 7. The van der Waals surface area contributed by atoms with E-state index in [9.17, 15) is 0 Å². The van der Waals surface area contributed by atoms with Gasteiger partial charge in [0.05, 0.1) is 6.61 Å². The molecule has 0 aliphatic heterocycles. The predicted octanol–water partition coefficient (Wildman–Crippen LogP) is 4.79. The molecule has 0 aliphatic carbocycles. The SMILES string of the molecule is CCNCC(C)(C)COc1cc(C(C)C)c(Cl)cc1C. The third kappa shape index (κ3) is 4.99. The molecule has 1 aromatic rings. The molecular formula is C17H28ClNO. The average molecular weight is 298 g/mol. The molecule has 3 heteroatoms. The number of nitrogens with one attached hydrogen (secondary N) is 1. The van der Waals surface area contributed by atoms with Crippen molar-refractivity contribution in [3.05, 3.63) is 28.3 Å². The molecule has 0 radical (unpaired) electrons. The third-order valence-electron chi connectivity index (χ3n) is 3.39. The van der Waals surface area contributed by atoms with Crippen molar-refractivity contribution in [1.82, 2.24) is 5.32 Å². The van der Waals surface area contributed by atoms with Crippen LogP contribution in [0.5, 0.6) is 5.75 Å². The number of benzene rings is 1. The fourth-order valence-corrected chi connectivity index (χ4v) is 2.49. The Kier molecular flexibility index (Phi) is 6.35. The fraction of sp³-hybridized carbons (Fsp3) is 0.647. The van der Waals surface area contributed by atoms with Crippen molar-refractivity contribution in [1.29, 1.82) is 0 Å².